The van der Waals surface area contributed by atoms with E-state index in [0.717, 1.165) is 16.9 Å². The second kappa shape index (κ2) is 10.2. The summed E-state index contributed by atoms with van der Waals surface area (Å²) in [5, 5.41) is 3.05. The molecule has 0 aliphatic carbocycles. The van der Waals surface area contributed by atoms with Gasteiger partial charge in [-0.05, 0) is 44.0 Å². The summed E-state index contributed by atoms with van der Waals surface area (Å²) in [5.41, 5.74) is 8.24. The highest BCUT2D eigenvalue weighted by Crippen LogP contribution is 2.22. The summed E-state index contributed by atoms with van der Waals surface area (Å²) >= 11 is 0. The monoisotopic (exact) mass is 376 g/mol. The highest BCUT2D eigenvalue weighted by molar-refractivity contribution is 5.85. The molecule has 0 saturated carbocycles. The largest absolute Gasteiger partial charge is 0.491 e. The number of hydrogen-bond acceptors (Lipinski definition) is 3. The van der Waals surface area contributed by atoms with Gasteiger partial charge in [-0.2, -0.15) is 0 Å². The molecule has 1 amide bonds. The third kappa shape index (κ3) is 6.04. The van der Waals surface area contributed by atoms with E-state index in [2.05, 4.69) is 5.32 Å². The Balaban J connectivity index is 0.00000338. The molecule has 26 heavy (non-hydrogen) atoms. The highest BCUT2D eigenvalue weighted by Gasteiger charge is 2.23. The zero-order valence-corrected chi connectivity index (χ0v) is 16.6. The number of amides is 1. The van der Waals surface area contributed by atoms with Crippen molar-refractivity contribution < 1.29 is 9.53 Å². The molecule has 0 heterocycles. The molecular formula is C21H29ClN2O2. The van der Waals surface area contributed by atoms with Crippen molar-refractivity contribution >= 4 is 18.3 Å². The summed E-state index contributed by atoms with van der Waals surface area (Å²) in [6, 6.07) is 17.1. The SMILES string of the molecule is CC(C)Oc1ccc(C(C)NC(=O)C(C)C(N)c2ccccc2)cc1.Cl. The van der Waals surface area contributed by atoms with E-state index in [9.17, 15) is 4.79 Å². The minimum Gasteiger partial charge on any atom is -0.491 e. The fourth-order valence-electron chi connectivity index (χ4n) is 2.66. The summed E-state index contributed by atoms with van der Waals surface area (Å²) in [6.07, 6.45) is 0.142. The van der Waals surface area contributed by atoms with Crippen LogP contribution in [0.25, 0.3) is 0 Å². The first-order valence-electron chi connectivity index (χ1n) is 8.76. The number of carbonyl (C=O) groups excluding carboxylic acids is 1. The lowest BCUT2D eigenvalue weighted by atomic mass is 9.94. The van der Waals surface area contributed by atoms with Gasteiger partial charge in [-0.3, -0.25) is 4.79 Å². The van der Waals surface area contributed by atoms with E-state index in [-0.39, 0.29) is 42.4 Å². The van der Waals surface area contributed by atoms with E-state index in [4.69, 9.17) is 10.5 Å². The predicted molar refractivity (Wildman–Crippen MR) is 109 cm³/mol. The molecular weight excluding hydrogens is 348 g/mol. The second-order valence-corrected chi connectivity index (χ2v) is 6.69. The fraction of sp³-hybridized carbons (Fsp3) is 0.381. The molecule has 0 spiro atoms. The maximum Gasteiger partial charge on any atom is 0.225 e. The smallest absolute Gasteiger partial charge is 0.225 e. The zero-order valence-electron chi connectivity index (χ0n) is 15.8. The summed E-state index contributed by atoms with van der Waals surface area (Å²) in [7, 11) is 0. The summed E-state index contributed by atoms with van der Waals surface area (Å²) in [5.74, 6) is 0.469. The Kier molecular flexibility index (Phi) is 8.62. The minimum atomic E-state index is -0.324. The van der Waals surface area contributed by atoms with Gasteiger partial charge in [-0.15, -0.1) is 12.4 Å². The lowest BCUT2D eigenvalue weighted by Crippen LogP contribution is -2.36. The number of rotatable bonds is 7. The standard InChI is InChI=1S/C21H28N2O2.ClH/c1-14(2)25-19-12-10-17(11-13-19)16(4)23-21(24)15(3)20(22)18-8-6-5-7-9-18;/h5-16,20H,22H2,1-4H3,(H,23,24);1H. The van der Waals surface area contributed by atoms with Crippen molar-refractivity contribution in [2.45, 2.75) is 45.9 Å². The van der Waals surface area contributed by atoms with E-state index in [0.29, 0.717) is 0 Å². The molecule has 5 heteroatoms. The van der Waals surface area contributed by atoms with Crippen molar-refractivity contribution in [3.05, 3.63) is 65.7 Å². The van der Waals surface area contributed by atoms with Gasteiger partial charge in [0.15, 0.2) is 0 Å². The molecule has 2 rings (SSSR count). The van der Waals surface area contributed by atoms with E-state index >= 15 is 0 Å². The first-order chi connectivity index (χ1) is 11.9. The lowest BCUT2D eigenvalue weighted by molar-refractivity contribution is -0.125. The van der Waals surface area contributed by atoms with E-state index in [1.54, 1.807) is 0 Å². The van der Waals surface area contributed by atoms with Crippen LogP contribution in [0.5, 0.6) is 5.75 Å². The number of nitrogens with two attached hydrogens (primary N) is 1. The Labute approximate surface area is 162 Å². The van der Waals surface area contributed by atoms with Crippen molar-refractivity contribution in [2.75, 3.05) is 0 Å². The Morgan fingerprint density at radius 3 is 2.04 bits per heavy atom. The van der Waals surface area contributed by atoms with Gasteiger partial charge in [-0.25, -0.2) is 0 Å². The molecule has 0 radical (unpaired) electrons. The van der Waals surface area contributed by atoms with Crippen LogP contribution in [0, 0.1) is 5.92 Å². The van der Waals surface area contributed by atoms with Gasteiger partial charge in [0.2, 0.25) is 5.91 Å². The quantitative estimate of drug-likeness (QED) is 0.752. The molecule has 0 saturated heterocycles. The first kappa shape index (κ1) is 22.0. The molecule has 4 nitrogen and oxygen atoms in total. The van der Waals surface area contributed by atoms with Gasteiger partial charge >= 0.3 is 0 Å². The molecule has 0 aliphatic rings. The van der Waals surface area contributed by atoms with E-state index in [1.165, 1.54) is 0 Å². The Morgan fingerprint density at radius 2 is 1.50 bits per heavy atom. The molecule has 3 unspecified atom stereocenters. The highest BCUT2D eigenvalue weighted by atomic mass is 35.5. The topological polar surface area (TPSA) is 64.3 Å². The van der Waals surface area contributed by atoms with Crippen LogP contribution < -0.4 is 15.8 Å². The molecule has 0 aliphatic heterocycles. The van der Waals surface area contributed by atoms with Gasteiger partial charge in [0.1, 0.15) is 5.75 Å². The van der Waals surface area contributed by atoms with Crippen LogP contribution in [-0.4, -0.2) is 12.0 Å². The van der Waals surface area contributed by atoms with Crippen LogP contribution >= 0.6 is 12.4 Å². The molecule has 0 aromatic heterocycles. The van der Waals surface area contributed by atoms with Crippen LogP contribution in [0.4, 0.5) is 0 Å². The number of carbonyl (C=O) groups is 1. The van der Waals surface area contributed by atoms with Crippen LogP contribution in [0.2, 0.25) is 0 Å². The first-order valence-corrected chi connectivity index (χ1v) is 8.76. The summed E-state index contributed by atoms with van der Waals surface area (Å²) in [4.78, 5) is 12.5. The molecule has 3 N–H and O–H groups in total. The van der Waals surface area contributed by atoms with E-state index in [1.807, 2.05) is 82.3 Å². The molecule has 3 atom stereocenters. The third-order valence-electron chi connectivity index (χ3n) is 4.25. The Morgan fingerprint density at radius 1 is 0.923 bits per heavy atom. The summed E-state index contributed by atoms with van der Waals surface area (Å²) < 4.78 is 5.64. The summed E-state index contributed by atoms with van der Waals surface area (Å²) in [6.45, 7) is 7.82. The lowest BCUT2D eigenvalue weighted by Gasteiger charge is -2.23. The van der Waals surface area contributed by atoms with E-state index < -0.39 is 0 Å². The second-order valence-electron chi connectivity index (χ2n) is 6.69. The van der Waals surface area contributed by atoms with Crippen molar-refractivity contribution in [2.24, 2.45) is 11.7 Å². The van der Waals surface area contributed by atoms with Crippen LogP contribution in [0.15, 0.2) is 54.6 Å². The van der Waals surface area contributed by atoms with Gasteiger partial charge in [0, 0.05) is 6.04 Å². The Hall–Kier alpha value is -2.04. The maximum absolute atomic E-state index is 12.5. The van der Waals surface area contributed by atoms with Crippen LogP contribution in [-0.2, 0) is 4.79 Å². The van der Waals surface area contributed by atoms with Gasteiger partial charge in [-0.1, -0.05) is 49.4 Å². The number of benzene rings is 2. The number of nitrogens with one attached hydrogen (secondary N) is 1. The van der Waals surface area contributed by atoms with Gasteiger partial charge < -0.3 is 15.8 Å². The average Bonchev–Trinajstić information content (AvgIpc) is 2.61. The molecule has 0 bridgehead atoms. The molecule has 2 aromatic carbocycles. The third-order valence-corrected chi connectivity index (χ3v) is 4.25. The average molecular weight is 377 g/mol. The van der Waals surface area contributed by atoms with Crippen LogP contribution in [0.3, 0.4) is 0 Å². The zero-order chi connectivity index (χ0) is 18.4. The maximum atomic E-state index is 12.5. The normalized spacial score (nSPS) is 14.1. The minimum absolute atomic E-state index is 0. The van der Waals surface area contributed by atoms with Crippen molar-refractivity contribution in [3.63, 3.8) is 0 Å². The van der Waals surface area contributed by atoms with Crippen molar-refractivity contribution in [1.82, 2.24) is 5.32 Å². The van der Waals surface area contributed by atoms with Crippen molar-refractivity contribution in [3.8, 4) is 5.75 Å². The molecule has 2 aromatic rings. The number of hydrogen-bond donors (Lipinski definition) is 2. The van der Waals surface area contributed by atoms with Gasteiger partial charge in [0.25, 0.3) is 0 Å². The van der Waals surface area contributed by atoms with Gasteiger partial charge in [0.05, 0.1) is 18.1 Å². The fourth-order valence-corrected chi connectivity index (χ4v) is 2.66. The molecule has 142 valence electrons. The Bertz CT molecular complexity index is 674. The van der Waals surface area contributed by atoms with Crippen LogP contribution in [0.1, 0.15) is 50.9 Å². The predicted octanol–water partition coefficient (Wildman–Crippen LogP) is 4.41. The van der Waals surface area contributed by atoms with Crippen molar-refractivity contribution in [1.29, 1.82) is 0 Å². The molecule has 0 fully saturated rings. The number of ether oxygens (including phenoxy) is 1. The number of halogens is 1.